The summed E-state index contributed by atoms with van der Waals surface area (Å²) in [5.41, 5.74) is 5.39. The maximum atomic E-state index is 12.5. The number of benzene rings is 1. The fourth-order valence-electron chi connectivity index (χ4n) is 4.55. The topological polar surface area (TPSA) is 102 Å². The number of aromatic nitrogens is 3. The molecule has 1 fully saturated rings. The van der Waals surface area contributed by atoms with Crippen LogP contribution in [0.15, 0.2) is 48.9 Å². The van der Waals surface area contributed by atoms with Crippen LogP contribution in [0.3, 0.4) is 0 Å². The second-order valence-electron chi connectivity index (χ2n) is 11.2. The van der Waals surface area contributed by atoms with Gasteiger partial charge in [0.05, 0.1) is 55.8 Å². The second-order valence-corrected chi connectivity index (χ2v) is 15.2. The number of carbonyl (C=O) groups excluding carboxylic acids is 1. The van der Waals surface area contributed by atoms with Crippen molar-refractivity contribution in [2.45, 2.75) is 66.2 Å². The van der Waals surface area contributed by atoms with E-state index in [1.165, 1.54) is 6.20 Å². The molecule has 2 unspecified atom stereocenters. The lowest BCUT2D eigenvalue weighted by Gasteiger charge is -2.48. The molecule has 0 bridgehead atoms. The molecule has 0 aliphatic carbocycles. The summed E-state index contributed by atoms with van der Waals surface area (Å²) in [5.74, 6) is 1.39. The van der Waals surface area contributed by atoms with Crippen molar-refractivity contribution in [2.24, 2.45) is 0 Å². The van der Waals surface area contributed by atoms with Gasteiger partial charge in [-0.2, -0.15) is 0 Å². The first-order valence-electron chi connectivity index (χ1n) is 14.7. The summed E-state index contributed by atoms with van der Waals surface area (Å²) >= 11 is 0. The van der Waals surface area contributed by atoms with E-state index in [1.807, 2.05) is 26.8 Å². The smallest absolute Gasteiger partial charge is 0.324 e. The summed E-state index contributed by atoms with van der Waals surface area (Å²) in [5, 5.41) is 5.51. The number of ether oxygens (including phenoxy) is 1. The number of morpholine rings is 1. The van der Waals surface area contributed by atoms with Crippen LogP contribution in [-0.4, -0.2) is 70.1 Å². The highest BCUT2D eigenvalue weighted by molar-refractivity contribution is 8.30. The van der Waals surface area contributed by atoms with Crippen LogP contribution >= 0.6 is 10.3 Å². The van der Waals surface area contributed by atoms with Gasteiger partial charge in [0.25, 0.3) is 0 Å². The predicted octanol–water partition coefficient (Wildman–Crippen LogP) is 7.71. The highest BCUT2D eigenvalue weighted by Crippen LogP contribution is 2.56. The van der Waals surface area contributed by atoms with E-state index in [1.54, 1.807) is 18.5 Å². The summed E-state index contributed by atoms with van der Waals surface area (Å²) in [6.07, 6.45) is 7.13. The minimum atomic E-state index is -1.22. The lowest BCUT2D eigenvalue weighted by Crippen LogP contribution is -2.49. The van der Waals surface area contributed by atoms with Gasteiger partial charge in [0.15, 0.2) is 5.82 Å². The Kier molecular flexibility index (Phi) is 11.7. The number of anilines is 3. The van der Waals surface area contributed by atoms with Crippen LogP contribution in [0.1, 0.15) is 55.7 Å². The van der Waals surface area contributed by atoms with Crippen LogP contribution in [0.25, 0.3) is 11.3 Å². The zero-order valence-electron chi connectivity index (χ0n) is 26.7. The zero-order valence-corrected chi connectivity index (χ0v) is 27.5. The number of carbonyl (C=O) groups is 1. The number of nitrogens with zero attached hydrogens (tertiary/aromatic N) is 4. The lowest BCUT2D eigenvalue weighted by atomic mass is 10.0. The predicted molar refractivity (Wildman–Crippen MR) is 181 cm³/mol. The first-order valence-corrected chi connectivity index (χ1v) is 16.8. The molecule has 3 heterocycles. The van der Waals surface area contributed by atoms with Crippen LogP contribution in [0.2, 0.25) is 0 Å². The Labute approximate surface area is 256 Å². The Morgan fingerprint density at radius 2 is 1.90 bits per heavy atom. The fraction of sp³-hybridized carbons (Fsp3) is 0.500. The number of pyridine rings is 1. The third-order valence-electron chi connectivity index (χ3n) is 7.44. The molecule has 0 spiro atoms. The van der Waals surface area contributed by atoms with Gasteiger partial charge in [-0.15, -0.1) is 10.3 Å². The minimum absolute atomic E-state index is 0. The van der Waals surface area contributed by atoms with E-state index in [4.69, 9.17) is 8.92 Å². The summed E-state index contributed by atoms with van der Waals surface area (Å²) in [4.78, 5) is 28.0. The van der Waals surface area contributed by atoms with Gasteiger partial charge < -0.3 is 19.1 Å². The fourth-order valence-corrected chi connectivity index (χ4v) is 6.40. The maximum absolute atomic E-state index is 12.5. The number of amides is 2. The van der Waals surface area contributed by atoms with Crippen molar-refractivity contribution in [3.63, 3.8) is 0 Å². The Morgan fingerprint density at radius 1 is 1.14 bits per heavy atom. The van der Waals surface area contributed by atoms with E-state index in [0.717, 1.165) is 34.8 Å². The molecule has 1 saturated heterocycles. The van der Waals surface area contributed by atoms with Gasteiger partial charge in [0, 0.05) is 31.1 Å². The Balaban J connectivity index is 0.00000237. The Bertz CT molecular complexity index is 1330. The number of nitrogens with one attached hydrogen (secondary N) is 2. The largest absolute Gasteiger partial charge is 0.377 e. The van der Waals surface area contributed by atoms with Gasteiger partial charge in [0.2, 0.25) is 0 Å². The minimum Gasteiger partial charge on any atom is -0.377 e. The number of rotatable bonds is 8. The SMILES string of the molecule is CC.CCS(C)(OCC1COCCN1c1ccc(-c2cncc(NC(=O)Nc3ccc(C)nc3)n2)cc1C)C(C)(C)C.[HH].[HH]. The highest BCUT2D eigenvalue weighted by Gasteiger charge is 2.34. The van der Waals surface area contributed by atoms with E-state index in [-0.39, 0.29) is 13.6 Å². The average Bonchev–Trinajstić information content (AvgIpc) is 2.98. The van der Waals surface area contributed by atoms with Gasteiger partial charge in [-0.05, 0) is 55.7 Å². The molecule has 2 aromatic heterocycles. The van der Waals surface area contributed by atoms with Crippen molar-refractivity contribution in [1.82, 2.24) is 15.0 Å². The first-order chi connectivity index (χ1) is 20.0. The number of aryl methyl sites for hydroxylation is 2. The molecule has 10 heteroatoms. The Morgan fingerprint density at radius 3 is 2.55 bits per heavy atom. The summed E-state index contributed by atoms with van der Waals surface area (Å²) < 4.78 is 12.6. The van der Waals surface area contributed by atoms with E-state index in [9.17, 15) is 4.79 Å². The van der Waals surface area contributed by atoms with Gasteiger partial charge in [-0.1, -0.05) is 47.6 Å². The monoisotopic (exact) mass is 600 g/mol. The molecule has 2 atom stereocenters. The van der Waals surface area contributed by atoms with Crippen LogP contribution < -0.4 is 15.5 Å². The molecular weight excluding hydrogens is 548 g/mol. The standard InChI is InChI=1S/C30H42N6O3S.C2H6.2H2/c1-8-40(7,30(4,5)6)39-20-25-19-38-14-13-36(25)27-12-10-23(15-21(27)2)26-17-31-18-28(34-26)35-29(37)33-24-11-9-22(3)32-16-24;1-2;;/h9-12,15-18,25H,8,13-14,19-20H2,1-7H3,(H2,33,34,35,37);1-2H3;2*1H. The summed E-state index contributed by atoms with van der Waals surface area (Å²) in [7, 11) is -1.22. The molecule has 42 heavy (non-hydrogen) atoms. The van der Waals surface area contributed by atoms with Crippen molar-refractivity contribution < 1.29 is 16.6 Å². The van der Waals surface area contributed by atoms with Crippen LogP contribution in [-0.2, 0) is 8.92 Å². The number of urea groups is 1. The maximum Gasteiger partial charge on any atom is 0.324 e. The number of hydrogen-bond acceptors (Lipinski definition) is 7. The molecule has 0 saturated carbocycles. The lowest BCUT2D eigenvalue weighted by molar-refractivity contribution is 0.0789. The van der Waals surface area contributed by atoms with Gasteiger partial charge >= 0.3 is 6.03 Å². The first kappa shape index (κ1) is 33.3. The van der Waals surface area contributed by atoms with Gasteiger partial charge in [-0.3, -0.25) is 15.3 Å². The van der Waals surface area contributed by atoms with Crippen LogP contribution in [0.5, 0.6) is 0 Å². The van der Waals surface area contributed by atoms with E-state index in [2.05, 4.69) is 89.6 Å². The average molecular weight is 601 g/mol. The van der Waals surface area contributed by atoms with E-state index in [0.29, 0.717) is 37.0 Å². The third kappa shape index (κ3) is 8.42. The van der Waals surface area contributed by atoms with Gasteiger partial charge in [-0.25, -0.2) is 9.78 Å². The second kappa shape index (κ2) is 14.8. The Hall–Kier alpha value is -3.21. The molecule has 234 valence electrons. The summed E-state index contributed by atoms with van der Waals surface area (Å²) in [6, 6.07) is 9.68. The highest BCUT2D eigenvalue weighted by atomic mass is 32.3. The van der Waals surface area contributed by atoms with Crippen LogP contribution in [0.4, 0.5) is 22.0 Å². The van der Waals surface area contributed by atoms with Crippen LogP contribution in [0, 0.1) is 13.8 Å². The zero-order chi connectivity index (χ0) is 30.9. The molecule has 4 rings (SSSR count). The quantitative estimate of drug-likeness (QED) is 0.273. The van der Waals surface area contributed by atoms with E-state index < -0.39 is 16.3 Å². The number of hydrogen-bond donors (Lipinski definition) is 2. The molecule has 2 amide bonds. The molecule has 2 N–H and O–H groups in total. The van der Waals surface area contributed by atoms with Crippen molar-refractivity contribution in [2.75, 3.05) is 53.9 Å². The normalized spacial score (nSPS) is 17.4. The molecule has 0 radical (unpaired) electrons. The molecule has 3 aromatic rings. The summed E-state index contributed by atoms with van der Waals surface area (Å²) in [6.45, 7) is 19.8. The molecule has 9 nitrogen and oxygen atoms in total. The molecular formula is C32H52N6O3S. The van der Waals surface area contributed by atoms with Crippen molar-refractivity contribution in [3.05, 3.63) is 60.2 Å². The van der Waals surface area contributed by atoms with Gasteiger partial charge in [0.1, 0.15) is 0 Å². The third-order valence-corrected chi connectivity index (χ3v) is 11.8. The van der Waals surface area contributed by atoms with Crippen molar-refractivity contribution >= 4 is 33.5 Å². The van der Waals surface area contributed by atoms with E-state index >= 15 is 0 Å². The molecule has 1 aromatic carbocycles. The molecule has 1 aliphatic heterocycles. The molecule has 1 aliphatic rings. The van der Waals surface area contributed by atoms with Crippen molar-refractivity contribution in [3.8, 4) is 11.3 Å². The van der Waals surface area contributed by atoms with Crippen molar-refractivity contribution in [1.29, 1.82) is 0 Å².